The summed E-state index contributed by atoms with van der Waals surface area (Å²) in [5, 5.41) is 4.04. The Bertz CT molecular complexity index is 1540. The number of pyridine rings is 1. The van der Waals surface area contributed by atoms with Gasteiger partial charge in [0.05, 0.1) is 32.4 Å². The molecule has 0 saturated carbocycles. The first-order valence-electron chi connectivity index (χ1n) is 11.5. The van der Waals surface area contributed by atoms with Crippen LogP contribution in [0.2, 0.25) is 10.0 Å². The van der Waals surface area contributed by atoms with Crippen molar-refractivity contribution in [3.05, 3.63) is 92.2 Å². The van der Waals surface area contributed by atoms with E-state index in [9.17, 15) is 14.4 Å². The summed E-state index contributed by atoms with van der Waals surface area (Å²) >= 11 is 12.4. The van der Waals surface area contributed by atoms with Gasteiger partial charge in [0.25, 0.3) is 11.5 Å². The average Bonchev–Trinajstić information content (AvgIpc) is 2.87. The minimum absolute atomic E-state index is 0.0861. The molecule has 0 saturated heterocycles. The van der Waals surface area contributed by atoms with Crippen molar-refractivity contribution < 1.29 is 14.3 Å². The zero-order valence-electron chi connectivity index (χ0n) is 20.0. The molecule has 0 fully saturated rings. The summed E-state index contributed by atoms with van der Waals surface area (Å²) in [5.41, 5.74) is 2.50. The van der Waals surface area contributed by atoms with E-state index in [1.54, 1.807) is 54.9 Å². The molecular weight excluding hydrogens is 499 g/mol. The highest BCUT2D eigenvalue weighted by Crippen LogP contribution is 2.39. The van der Waals surface area contributed by atoms with Crippen molar-refractivity contribution in [3.63, 3.8) is 0 Å². The zero-order chi connectivity index (χ0) is 26.0. The number of benzene rings is 3. The second-order valence-corrected chi connectivity index (χ2v) is 8.96. The molecule has 1 aromatic heterocycles. The highest BCUT2D eigenvalue weighted by Gasteiger charge is 2.24. The Balaban J connectivity index is 1.96. The number of carbonyl (C=O) groups excluding carboxylic acids is 2. The van der Waals surface area contributed by atoms with Crippen LogP contribution in [0, 0.1) is 0 Å². The van der Waals surface area contributed by atoms with Gasteiger partial charge in [-0.2, -0.15) is 0 Å². The molecule has 0 aliphatic rings. The van der Waals surface area contributed by atoms with Crippen molar-refractivity contribution in [2.24, 2.45) is 7.05 Å². The fourth-order valence-electron chi connectivity index (χ4n) is 4.23. The van der Waals surface area contributed by atoms with Gasteiger partial charge in [-0.3, -0.25) is 14.4 Å². The Hall–Kier alpha value is -3.61. The van der Waals surface area contributed by atoms with E-state index in [0.717, 1.165) is 16.5 Å². The number of anilines is 1. The molecule has 0 unspecified atom stereocenters. The summed E-state index contributed by atoms with van der Waals surface area (Å²) in [4.78, 5) is 39.2. The van der Waals surface area contributed by atoms with Crippen LogP contribution in [0.4, 0.5) is 5.69 Å². The Labute approximate surface area is 218 Å². The minimum atomic E-state index is -0.571. The molecule has 4 aromatic rings. The second kappa shape index (κ2) is 10.6. The van der Waals surface area contributed by atoms with Crippen LogP contribution in [0.5, 0.6) is 5.75 Å². The molecule has 0 aliphatic heterocycles. The predicted octanol–water partition coefficient (Wildman–Crippen LogP) is 6.64. The highest BCUT2D eigenvalue weighted by molar-refractivity contribution is 6.40. The van der Waals surface area contributed by atoms with Crippen molar-refractivity contribution in [2.75, 3.05) is 5.32 Å². The van der Waals surface area contributed by atoms with Gasteiger partial charge in [-0.25, -0.2) is 0 Å². The molecular formula is C28H24Cl2N2O4. The number of hydrogen-bond donors (Lipinski definition) is 1. The average molecular weight is 523 g/mol. The minimum Gasteiger partial charge on any atom is -0.424 e. The van der Waals surface area contributed by atoms with E-state index in [4.69, 9.17) is 27.9 Å². The highest BCUT2D eigenvalue weighted by atomic mass is 35.5. The first-order chi connectivity index (χ1) is 17.3. The quantitative estimate of drug-likeness (QED) is 0.227. The number of nitrogens with one attached hydrogen (secondary N) is 1. The molecule has 0 aliphatic carbocycles. The predicted molar refractivity (Wildman–Crippen MR) is 144 cm³/mol. The fourth-order valence-corrected chi connectivity index (χ4v) is 4.80. The van der Waals surface area contributed by atoms with Crippen LogP contribution in [0.3, 0.4) is 0 Å². The number of esters is 1. The maximum atomic E-state index is 13.6. The van der Waals surface area contributed by atoms with Gasteiger partial charge in [0.15, 0.2) is 5.75 Å². The lowest BCUT2D eigenvalue weighted by Crippen LogP contribution is -2.22. The third kappa shape index (κ3) is 4.62. The zero-order valence-corrected chi connectivity index (χ0v) is 21.5. The maximum absolute atomic E-state index is 13.6. The van der Waals surface area contributed by atoms with Gasteiger partial charge in [0.2, 0.25) is 0 Å². The van der Waals surface area contributed by atoms with E-state index in [1.807, 2.05) is 31.2 Å². The third-order valence-electron chi connectivity index (χ3n) is 5.99. The largest absolute Gasteiger partial charge is 0.424 e. The van der Waals surface area contributed by atoms with Gasteiger partial charge in [-0.05, 0) is 36.2 Å². The SMILES string of the molecule is CCC(=O)Oc1c(NC(=O)c2c(Cl)cccc2Cl)cccc1-c1c(CC)c2ccccc2n(C)c1=O. The Morgan fingerprint density at radius 1 is 0.944 bits per heavy atom. The molecule has 0 spiro atoms. The number of para-hydroxylation sites is 2. The van der Waals surface area contributed by atoms with Gasteiger partial charge >= 0.3 is 5.97 Å². The lowest BCUT2D eigenvalue weighted by Gasteiger charge is -2.19. The van der Waals surface area contributed by atoms with Crippen molar-refractivity contribution in [3.8, 4) is 16.9 Å². The normalized spacial score (nSPS) is 10.9. The standard InChI is InChI=1S/C28H24Cl2N2O4/c1-4-16-17-10-6-7-15-22(17)32(3)28(35)24(16)18-11-8-14-21(26(18)36-23(33)5-2)31-27(34)25-19(29)12-9-13-20(25)30/h6-15H,4-5H2,1-3H3,(H,31,34). The van der Waals surface area contributed by atoms with Gasteiger partial charge in [-0.1, -0.05) is 73.4 Å². The fraction of sp³-hybridized carbons (Fsp3) is 0.179. The molecule has 0 radical (unpaired) electrons. The number of hydrogen-bond acceptors (Lipinski definition) is 4. The van der Waals surface area contributed by atoms with Crippen molar-refractivity contribution in [1.82, 2.24) is 4.57 Å². The molecule has 4 rings (SSSR count). The van der Waals surface area contributed by atoms with Crippen LogP contribution in [0.1, 0.15) is 36.2 Å². The summed E-state index contributed by atoms with van der Waals surface area (Å²) in [7, 11) is 1.70. The molecule has 8 heteroatoms. The first kappa shape index (κ1) is 25.5. The van der Waals surface area contributed by atoms with Gasteiger partial charge in [0, 0.05) is 24.4 Å². The second-order valence-electron chi connectivity index (χ2n) is 8.15. The summed E-state index contributed by atoms with van der Waals surface area (Å²) in [5.74, 6) is -0.994. The molecule has 3 aromatic carbocycles. The number of amides is 1. The Kier molecular flexibility index (Phi) is 7.48. The van der Waals surface area contributed by atoms with Gasteiger partial charge < -0.3 is 14.6 Å². The monoisotopic (exact) mass is 522 g/mol. The topological polar surface area (TPSA) is 77.4 Å². The number of aromatic nitrogens is 1. The number of fused-ring (bicyclic) bond motifs is 1. The molecule has 184 valence electrons. The van der Waals surface area contributed by atoms with Crippen LogP contribution in [-0.4, -0.2) is 16.4 Å². The smallest absolute Gasteiger partial charge is 0.310 e. The molecule has 0 bridgehead atoms. The Morgan fingerprint density at radius 3 is 2.28 bits per heavy atom. The first-order valence-corrected chi connectivity index (χ1v) is 12.2. The van der Waals surface area contributed by atoms with E-state index >= 15 is 0 Å². The molecule has 1 amide bonds. The van der Waals surface area contributed by atoms with E-state index in [1.165, 1.54) is 0 Å². The lowest BCUT2D eigenvalue weighted by molar-refractivity contribution is -0.133. The summed E-state index contributed by atoms with van der Waals surface area (Å²) in [6.07, 6.45) is 0.674. The van der Waals surface area contributed by atoms with Crippen LogP contribution < -0.4 is 15.6 Å². The maximum Gasteiger partial charge on any atom is 0.310 e. The molecule has 0 atom stereocenters. The molecule has 1 heterocycles. The number of aryl methyl sites for hydroxylation is 2. The molecule has 36 heavy (non-hydrogen) atoms. The van der Waals surface area contributed by atoms with Crippen molar-refractivity contribution in [1.29, 1.82) is 0 Å². The van der Waals surface area contributed by atoms with E-state index in [0.29, 0.717) is 17.5 Å². The Morgan fingerprint density at radius 2 is 1.61 bits per heavy atom. The van der Waals surface area contributed by atoms with E-state index in [2.05, 4.69) is 5.32 Å². The number of halogens is 2. The number of rotatable bonds is 6. The van der Waals surface area contributed by atoms with Crippen LogP contribution in [-0.2, 0) is 18.3 Å². The van der Waals surface area contributed by atoms with Gasteiger partial charge in [0.1, 0.15) is 0 Å². The molecule has 1 N–H and O–H groups in total. The summed E-state index contributed by atoms with van der Waals surface area (Å²) < 4.78 is 7.29. The number of nitrogens with zero attached hydrogens (tertiary/aromatic N) is 1. The van der Waals surface area contributed by atoms with Crippen molar-refractivity contribution in [2.45, 2.75) is 26.7 Å². The van der Waals surface area contributed by atoms with E-state index in [-0.39, 0.29) is 39.0 Å². The lowest BCUT2D eigenvalue weighted by atomic mass is 9.94. The van der Waals surface area contributed by atoms with E-state index < -0.39 is 11.9 Å². The van der Waals surface area contributed by atoms with Gasteiger partial charge in [-0.15, -0.1) is 0 Å². The molecule has 6 nitrogen and oxygen atoms in total. The van der Waals surface area contributed by atoms with Crippen molar-refractivity contribution >= 4 is 51.7 Å². The van der Waals surface area contributed by atoms with Crippen LogP contribution >= 0.6 is 23.2 Å². The van der Waals surface area contributed by atoms with Crippen LogP contribution in [0.15, 0.2) is 65.5 Å². The summed E-state index contributed by atoms with van der Waals surface area (Å²) in [6, 6.07) is 17.4. The summed E-state index contributed by atoms with van der Waals surface area (Å²) in [6.45, 7) is 3.63. The van der Waals surface area contributed by atoms with Crippen LogP contribution in [0.25, 0.3) is 22.0 Å². The number of carbonyl (C=O) groups is 2. The number of ether oxygens (including phenoxy) is 1. The third-order valence-corrected chi connectivity index (χ3v) is 6.62.